The van der Waals surface area contributed by atoms with E-state index in [1.54, 1.807) is 11.8 Å². The molecule has 4 heteroatoms. The molecule has 0 saturated heterocycles. The predicted molar refractivity (Wildman–Crippen MR) is 105 cm³/mol. The fraction of sp³-hybridized carbons (Fsp3) is 0.364. The highest BCUT2D eigenvalue weighted by Gasteiger charge is 2.25. The van der Waals surface area contributed by atoms with E-state index in [2.05, 4.69) is 11.4 Å². The van der Waals surface area contributed by atoms with E-state index in [-0.39, 0.29) is 11.8 Å². The molecule has 0 radical (unpaired) electrons. The summed E-state index contributed by atoms with van der Waals surface area (Å²) < 4.78 is 0. The minimum Gasteiger partial charge on any atom is -0.355 e. The summed E-state index contributed by atoms with van der Waals surface area (Å²) in [6.45, 7) is 6.69. The van der Waals surface area contributed by atoms with Crippen LogP contribution in [0.1, 0.15) is 37.0 Å². The average molecular weight is 352 g/mol. The van der Waals surface area contributed by atoms with E-state index in [9.17, 15) is 9.59 Å². The van der Waals surface area contributed by atoms with Gasteiger partial charge in [-0.2, -0.15) is 0 Å². The molecule has 0 heterocycles. The number of benzene rings is 2. The molecule has 2 rings (SSSR count). The van der Waals surface area contributed by atoms with Gasteiger partial charge in [0.25, 0.3) is 0 Å². The molecule has 4 nitrogen and oxygen atoms in total. The number of hydrogen-bond donors (Lipinski definition) is 1. The molecule has 2 amide bonds. The van der Waals surface area contributed by atoms with Gasteiger partial charge in [-0.25, -0.2) is 0 Å². The van der Waals surface area contributed by atoms with E-state index < -0.39 is 6.04 Å². The molecule has 26 heavy (non-hydrogen) atoms. The van der Waals surface area contributed by atoms with E-state index in [1.807, 2.05) is 62.4 Å². The van der Waals surface area contributed by atoms with Crippen LogP contribution in [0.5, 0.6) is 0 Å². The van der Waals surface area contributed by atoms with Gasteiger partial charge in [-0.3, -0.25) is 9.59 Å². The van der Waals surface area contributed by atoms with Crippen LogP contribution in [0.2, 0.25) is 0 Å². The quantitative estimate of drug-likeness (QED) is 0.791. The van der Waals surface area contributed by atoms with Crippen LogP contribution in [-0.2, 0) is 22.6 Å². The Balaban J connectivity index is 2.12. The highest BCUT2D eigenvalue weighted by atomic mass is 16.2. The van der Waals surface area contributed by atoms with E-state index in [4.69, 9.17) is 0 Å². The lowest BCUT2D eigenvalue weighted by Gasteiger charge is -2.29. The number of carbonyl (C=O) groups is 2. The van der Waals surface area contributed by atoms with Crippen LogP contribution in [0, 0.1) is 6.92 Å². The van der Waals surface area contributed by atoms with Crippen LogP contribution in [0.25, 0.3) is 0 Å². The third-order valence-corrected chi connectivity index (χ3v) is 4.42. The van der Waals surface area contributed by atoms with E-state index >= 15 is 0 Å². The summed E-state index contributed by atoms with van der Waals surface area (Å²) in [7, 11) is 0. The van der Waals surface area contributed by atoms with Crippen LogP contribution >= 0.6 is 0 Å². The van der Waals surface area contributed by atoms with E-state index in [0.717, 1.165) is 16.7 Å². The van der Waals surface area contributed by atoms with Gasteiger partial charge in [0, 0.05) is 19.5 Å². The largest absolute Gasteiger partial charge is 0.355 e. The Morgan fingerprint density at radius 1 is 1.04 bits per heavy atom. The molecular weight excluding hydrogens is 324 g/mol. The first-order chi connectivity index (χ1) is 12.5. The summed E-state index contributed by atoms with van der Waals surface area (Å²) >= 11 is 0. The highest BCUT2D eigenvalue weighted by molar-refractivity contribution is 5.87. The van der Waals surface area contributed by atoms with Gasteiger partial charge < -0.3 is 10.2 Å². The van der Waals surface area contributed by atoms with Gasteiger partial charge in [0.1, 0.15) is 6.04 Å². The van der Waals surface area contributed by atoms with Crippen molar-refractivity contribution >= 4 is 11.8 Å². The normalized spacial score (nSPS) is 11.7. The second-order valence-electron chi connectivity index (χ2n) is 6.57. The molecule has 0 fully saturated rings. The average Bonchev–Trinajstić information content (AvgIpc) is 2.64. The summed E-state index contributed by atoms with van der Waals surface area (Å²) in [6, 6.07) is 17.5. The molecule has 0 bridgehead atoms. The third kappa shape index (κ3) is 5.73. The molecule has 0 saturated carbocycles. The minimum atomic E-state index is -0.501. The van der Waals surface area contributed by atoms with Crippen molar-refractivity contribution < 1.29 is 9.59 Å². The number of likely N-dealkylation sites (N-methyl/N-ethyl adjacent to an activating group) is 1. The predicted octanol–water partition coefficient (Wildman–Crippen LogP) is 3.48. The van der Waals surface area contributed by atoms with Crippen molar-refractivity contribution in [3.63, 3.8) is 0 Å². The Hall–Kier alpha value is -2.62. The number of hydrogen-bond acceptors (Lipinski definition) is 2. The Morgan fingerprint density at radius 3 is 2.38 bits per heavy atom. The maximum absolute atomic E-state index is 12.9. The first-order valence-corrected chi connectivity index (χ1v) is 9.18. The molecule has 0 aliphatic heterocycles. The zero-order valence-corrected chi connectivity index (χ0v) is 15.9. The molecule has 138 valence electrons. The Morgan fingerprint density at radius 2 is 1.73 bits per heavy atom. The lowest BCUT2D eigenvalue weighted by molar-refractivity contribution is -0.140. The number of rotatable bonds is 8. The summed E-state index contributed by atoms with van der Waals surface area (Å²) in [5.74, 6) is -0.123. The first-order valence-electron chi connectivity index (χ1n) is 9.18. The molecule has 0 unspecified atom stereocenters. The summed E-state index contributed by atoms with van der Waals surface area (Å²) in [6.07, 6.45) is 1.06. The topological polar surface area (TPSA) is 49.4 Å². The second kappa shape index (κ2) is 9.76. The highest BCUT2D eigenvalue weighted by Crippen LogP contribution is 2.14. The van der Waals surface area contributed by atoms with Crippen LogP contribution in [-0.4, -0.2) is 29.3 Å². The van der Waals surface area contributed by atoms with Gasteiger partial charge in [-0.05, 0) is 38.3 Å². The number of amides is 2. The summed E-state index contributed by atoms with van der Waals surface area (Å²) in [4.78, 5) is 26.9. The number of carbonyl (C=O) groups excluding carboxylic acids is 2. The van der Waals surface area contributed by atoms with E-state index in [1.165, 1.54) is 0 Å². The van der Waals surface area contributed by atoms with Gasteiger partial charge in [-0.1, -0.05) is 60.2 Å². The lowest BCUT2D eigenvalue weighted by atomic mass is 10.1. The Kier molecular flexibility index (Phi) is 7.39. The minimum absolute atomic E-state index is 0.00545. The van der Waals surface area contributed by atoms with Gasteiger partial charge in [0.05, 0.1) is 0 Å². The lowest BCUT2D eigenvalue weighted by Crippen LogP contribution is -2.47. The third-order valence-electron chi connectivity index (χ3n) is 4.42. The van der Waals surface area contributed by atoms with Crippen LogP contribution in [0.4, 0.5) is 0 Å². The van der Waals surface area contributed by atoms with E-state index in [0.29, 0.717) is 25.9 Å². The smallest absolute Gasteiger partial charge is 0.242 e. The van der Waals surface area contributed by atoms with Crippen LogP contribution in [0.3, 0.4) is 0 Å². The maximum atomic E-state index is 12.9. The molecule has 2 aromatic rings. The molecule has 1 atom stereocenters. The van der Waals surface area contributed by atoms with Crippen molar-refractivity contribution in [2.45, 2.75) is 46.2 Å². The molecule has 0 spiro atoms. The maximum Gasteiger partial charge on any atom is 0.242 e. The fourth-order valence-corrected chi connectivity index (χ4v) is 2.95. The van der Waals surface area contributed by atoms with Gasteiger partial charge >= 0.3 is 0 Å². The van der Waals surface area contributed by atoms with Crippen molar-refractivity contribution in [2.75, 3.05) is 6.54 Å². The molecule has 0 aliphatic carbocycles. The van der Waals surface area contributed by atoms with Gasteiger partial charge in [-0.15, -0.1) is 0 Å². The Bertz CT molecular complexity index is 728. The monoisotopic (exact) mass is 352 g/mol. The van der Waals surface area contributed by atoms with Crippen LogP contribution < -0.4 is 5.32 Å². The number of nitrogens with zero attached hydrogens (tertiary/aromatic N) is 1. The van der Waals surface area contributed by atoms with Crippen molar-refractivity contribution in [3.05, 3.63) is 71.3 Å². The van der Waals surface area contributed by atoms with Crippen LogP contribution in [0.15, 0.2) is 54.6 Å². The molecule has 0 aliphatic rings. The van der Waals surface area contributed by atoms with Crippen molar-refractivity contribution in [2.24, 2.45) is 0 Å². The van der Waals surface area contributed by atoms with Crippen molar-refractivity contribution in [1.29, 1.82) is 0 Å². The molecule has 1 N–H and O–H groups in total. The fourth-order valence-electron chi connectivity index (χ4n) is 2.95. The zero-order valence-electron chi connectivity index (χ0n) is 15.9. The number of nitrogens with one attached hydrogen (secondary N) is 1. The zero-order chi connectivity index (χ0) is 18.9. The van der Waals surface area contributed by atoms with Gasteiger partial charge in [0.15, 0.2) is 0 Å². The van der Waals surface area contributed by atoms with Crippen molar-refractivity contribution in [1.82, 2.24) is 10.2 Å². The number of aryl methyl sites for hydroxylation is 2. The first kappa shape index (κ1) is 19.7. The second-order valence-corrected chi connectivity index (χ2v) is 6.57. The Labute approximate surface area is 156 Å². The molecule has 2 aromatic carbocycles. The summed E-state index contributed by atoms with van der Waals surface area (Å²) in [5.41, 5.74) is 3.31. The molecule has 0 aromatic heterocycles. The standard InChI is InChI=1S/C22H28N2O2/c1-4-23-22(26)18(3)24(16-20-12-8-9-17(2)15-20)21(25)14-13-19-10-6-5-7-11-19/h5-12,15,18H,4,13-14,16H2,1-3H3,(H,23,26)/t18-/m0/s1. The SMILES string of the molecule is CCNC(=O)[C@H](C)N(Cc1cccc(C)c1)C(=O)CCc1ccccc1. The molecular formula is C22H28N2O2. The van der Waals surface area contributed by atoms with Crippen molar-refractivity contribution in [3.8, 4) is 0 Å². The summed E-state index contributed by atoms with van der Waals surface area (Å²) in [5, 5.41) is 2.82. The van der Waals surface area contributed by atoms with Gasteiger partial charge in [0.2, 0.25) is 11.8 Å².